The average Bonchev–Trinajstić information content (AvgIpc) is 3.02. The quantitative estimate of drug-likeness (QED) is 0.768. The Hall–Kier alpha value is -0.890. The van der Waals surface area contributed by atoms with Crippen molar-refractivity contribution in [1.29, 1.82) is 0 Å². The molecule has 2 rings (SSSR count). The number of nitrogens with zero attached hydrogens (tertiary/aromatic N) is 1. The van der Waals surface area contributed by atoms with Gasteiger partial charge in [0.25, 0.3) is 0 Å². The molecule has 1 aliphatic carbocycles. The third kappa shape index (κ3) is 2.81. The van der Waals surface area contributed by atoms with Crippen LogP contribution in [0.25, 0.3) is 0 Å². The normalized spacial score (nSPS) is 18.1. The molecule has 1 fully saturated rings. The molecule has 1 unspecified atom stereocenters. The van der Waals surface area contributed by atoms with Crippen LogP contribution < -0.4 is 5.32 Å². The van der Waals surface area contributed by atoms with Crippen molar-refractivity contribution in [3.05, 3.63) is 30.1 Å². The van der Waals surface area contributed by atoms with E-state index in [-0.39, 0.29) is 0 Å². The van der Waals surface area contributed by atoms with E-state index in [2.05, 4.69) is 29.4 Å². The first-order chi connectivity index (χ1) is 6.86. The van der Waals surface area contributed by atoms with Gasteiger partial charge in [-0.2, -0.15) is 0 Å². The summed E-state index contributed by atoms with van der Waals surface area (Å²) in [7, 11) is 0. The number of aromatic nitrogens is 1. The third-order valence-corrected chi connectivity index (χ3v) is 2.96. The van der Waals surface area contributed by atoms with Crippen LogP contribution in [0.2, 0.25) is 0 Å². The zero-order valence-electron chi connectivity index (χ0n) is 8.74. The molecule has 0 amide bonds. The third-order valence-electron chi connectivity index (χ3n) is 2.96. The molecule has 1 aromatic heterocycles. The van der Waals surface area contributed by atoms with Crippen LogP contribution in [-0.4, -0.2) is 17.6 Å². The van der Waals surface area contributed by atoms with Crippen LogP contribution in [0.15, 0.2) is 24.5 Å². The number of pyridine rings is 1. The SMILES string of the molecule is CC(NCCc1ccncc1)C1CC1. The van der Waals surface area contributed by atoms with Crippen molar-refractivity contribution in [3.8, 4) is 0 Å². The van der Waals surface area contributed by atoms with Crippen LogP contribution in [0.4, 0.5) is 0 Å². The second-order valence-corrected chi connectivity index (χ2v) is 4.19. The summed E-state index contributed by atoms with van der Waals surface area (Å²) >= 11 is 0. The summed E-state index contributed by atoms with van der Waals surface area (Å²) in [6.07, 6.45) is 7.67. The van der Waals surface area contributed by atoms with E-state index >= 15 is 0 Å². The highest BCUT2D eigenvalue weighted by molar-refractivity contribution is 5.09. The van der Waals surface area contributed by atoms with Gasteiger partial charge in [-0.1, -0.05) is 0 Å². The molecule has 1 N–H and O–H groups in total. The van der Waals surface area contributed by atoms with Crippen molar-refractivity contribution in [3.63, 3.8) is 0 Å². The molecular weight excluding hydrogens is 172 g/mol. The van der Waals surface area contributed by atoms with Crippen molar-refractivity contribution in [2.75, 3.05) is 6.54 Å². The minimum atomic E-state index is 0.705. The van der Waals surface area contributed by atoms with E-state index in [9.17, 15) is 0 Å². The van der Waals surface area contributed by atoms with Crippen LogP contribution in [0, 0.1) is 5.92 Å². The summed E-state index contributed by atoms with van der Waals surface area (Å²) in [6.45, 7) is 3.38. The molecule has 1 aliphatic rings. The Balaban J connectivity index is 1.67. The average molecular weight is 190 g/mol. The van der Waals surface area contributed by atoms with Crippen molar-refractivity contribution in [1.82, 2.24) is 10.3 Å². The van der Waals surface area contributed by atoms with Gasteiger partial charge >= 0.3 is 0 Å². The molecule has 0 spiro atoms. The van der Waals surface area contributed by atoms with Gasteiger partial charge < -0.3 is 5.32 Å². The second kappa shape index (κ2) is 4.56. The molecule has 14 heavy (non-hydrogen) atoms. The van der Waals surface area contributed by atoms with E-state index in [1.807, 2.05) is 12.4 Å². The topological polar surface area (TPSA) is 24.9 Å². The largest absolute Gasteiger partial charge is 0.314 e. The van der Waals surface area contributed by atoms with E-state index in [0.717, 1.165) is 18.9 Å². The highest BCUT2D eigenvalue weighted by Gasteiger charge is 2.26. The zero-order valence-corrected chi connectivity index (χ0v) is 8.74. The molecule has 0 aliphatic heterocycles. The lowest BCUT2D eigenvalue weighted by atomic mass is 10.1. The molecule has 0 radical (unpaired) electrons. The van der Waals surface area contributed by atoms with Crippen molar-refractivity contribution in [2.24, 2.45) is 5.92 Å². The Labute approximate surface area is 85.7 Å². The van der Waals surface area contributed by atoms with Crippen LogP contribution >= 0.6 is 0 Å². The van der Waals surface area contributed by atoms with Crippen molar-refractivity contribution >= 4 is 0 Å². The van der Waals surface area contributed by atoms with Crippen LogP contribution in [-0.2, 0) is 6.42 Å². The number of hydrogen-bond donors (Lipinski definition) is 1. The highest BCUT2D eigenvalue weighted by atomic mass is 14.9. The summed E-state index contributed by atoms with van der Waals surface area (Å²) in [5.74, 6) is 0.951. The number of hydrogen-bond acceptors (Lipinski definition) is 2. The first-order valence-electron chi connectivity index (χ1n) is 5.48. The van der Waals surface area contributed by atoms with Crippen molar-refractivity contribution < 1.29 is 0 Å². The molecule has 76 valence electrons. The van der Waals surface area contributed by atoms with E-state index < -0.39 is 0 Å². The Kier molecular flexibility index (Phi) is 3.14. The van der Waals surface area contributed by atoms with E-state index in [1.165, 1.54) is 18.4 Å². The Morgan fingerprint density at radius 1 is 1.43 bits per heavy atom. The number of nitrogens with one attached hydrogen (secondary N) is 1. The predicted octanol–water partition coefficient (Wildman–Crippen LogP) is 2.01. The standard InChI is InChI=1S/C12H18N2/c1-10(12-2-3-12)14-9-6-11-4-7-13-8-5-11/h4-5,7-8,10,12,14H,2-3,6,9H2,1H3. The molecule has 1 atom stereocenters. The Morgan fingerprint density at radius 3 is 2.79 bits per heavy atom. The monoisotopic (exact) mass is 190 g/mol. The first-order valence-corrected chi connectivity index (χ1v) is 5.48. The van der Waals surface area contributed by atoms with Gasteiger partial charge in [-0.3, -0.25) is 4.98 Å². The van der Waals surface area contributed by atoms with Gasteiger partial charge in [-0.15, -0.1) is 0 Å². The van der Waals surface area contributed by atoms with Crippen LogP contribution in [0.3, 0.4) is 0 Å². The fraction of sp³-hybridized carbons (Fsp3) is 0.583. The summed E-state index contributed by atoms with van der Waals surface area (Å²) < 4.78 is 0. The van der Waals surface area contributed by atoms with Gasteiger partial charge in [0, 0.05) is 18.4 Å². The van der Waals surface area contributed by atoms with Crippen LogP contribution in [0.1, 0.15) is 25.3 Å². The smallest absolute Gasteiger partial charge is 0.0270 e. The summed E-state index contributed by atoms with van der Waals surface area (Å²) in [5, 5.41) is 3.57. The highest BCUT2D eigenvalue weighted by Crippen LogP contribution is 2.32. The zero-order chi connectivity index (χ0) is 9.80. The maximum absolute atomic E-state index is 4.01. The number of rotatable bonds is 5. The predicted molar refractivity (Wildman–Crippen MR) is 58.1 cm³/mol. The maximum Gasteiger partial charge on any atom is 0.0270 e. The van der Waals surface area contributed by atoms with Gasteiger partial charge in [0.2, 0.25) is 0 Å². The van der Waals surface area contributed by atoms with Gasteiger partial charge in [-0.05, 0) is 56.3 Å². The van der Waals surface area contributed by atoms with Crippen molar-refractivity contribution in [2.45, 2.75) is 32.2 Å². The molecule has 1 saturated carbocycles. The lowest BCUT2D eigenvalue weighted by molar-refractivity contribution is 0.500. The lowest BCUT2D eigenvalue weighted by Crippen LogP contribution is -2.29. The summed E-state index contributed by atoms with van der Waals surface area (Å²) in [5.41, 5.74) is 1.37. The Bertz CT molecular complexity index is 267. The first kappa shape index (κ1) is 9.66. The van der Waals surface area contributed by atoms with Gasteiger partial charge in [0.15, 0.2) is 0 Å². The lowest BCUT2D eigenvalue weighted by Gasteiger charge is -2.12. The molecule has 0 bridgehead atoms. The van der Waals surface area contributed by atoms with Crippen LogP contribution in [0.5, 0.6) is 0 Å². The summed E-state index contributed by atoms with van der Waals surface area (Å²) in [4.78, 5) is 4.01. The van der Waals surface area contributed by atoms with E-state index in [4.69, 9.17) is 0 Å². The molecule has 2 heteroatoms. The molecule has 0 saturated heterocycles. The minimum absolute atomic E-state index is 0.705. The van der Waals surface area contributed by atoms with E-state index in [1.54, 1.807) is 0 Å². The fourth-order valence-electron chi connectivity index (χ4n) is 1.76. The van der Waals surface area contributed by atoms with Gasteiger partial charge in [0.1, 0.15) is 0 Å². The Morgan fingerprint density at radius 2 is 2.14 bits per heavy atom. The molecule has 2 nitrogen and oxygen atoms in total. The molecule has 1 heterocycles. The molecule has 1 aromatic rings. The second-order valence-electron chi connectivity index (χ2n) is 4.19. The van der Waals surface area contributed by atoms with Gasteiger partial charge in [0.05, 0.1) is 0 Å². The fourth-order valence-corrected chi connectivity index (χ4v) is 1.76. The maximum atomic E-state index is 4.01. The van der Waals surface area contributed by atoms with Gasteiger partial charge in [-0.25, -0.2) is 0 Å². The minimum Gasteiger partial charge on any atom is -0.314 e. The van der Waals surface area contributed by atoms with E-state index in [0.29, 0.717) is 6.04 Å². The summed E-state index contributed by atoms with van der Waals surface area (Å²) in [6, 6.07) is 4.88. The molecule has 0 aromatic carbocycles. The molecular formula is C12H18N2.